The molecule has 0 bridgehead atoms. The number of nitrogens with zero attached hydrogens (tertiary/aromatic N) is 1. The number of phenolic OH excluding ortho intramolecular Hbond substituents is 1. The Bertz CT molecular complexity index is 1120. The fourth-order valence-corrected chi connectivity index (χ4v) is 5.66. The van der Waals surface area contributed by atoms with Crippen LogP contribution in [0.15, 0.2) is 35.2 Å². The van der Waals surface area contributed by atoms with Crippen LogP contribution >= 0.6 is 47.0 Å². The first-order valence-corrected chi connectivity index (χ1v) is 12.5. The second-order valence-electron chi connectivity index (χ2n) is 6.99. The molecule has 3 rings (SSSR count). The van der Waals surface area contributed by atoms with Gasteiger partial charge in [0.15, 0.2) is 10.9 Å². The van der Waals surface area contributed by atoms with Crippen molar-refractivity contribution in [1.29, 1.82) is 0 Å². The van der Waals surface area contributed by atoms with Crippen LogP contribution in [0.4, 0.5) is 11.4 Å². The van der Waals surface area contributed by atoms with Crippen molar-refractivity contribution in [3.63, 3.8) is 0 Å². The van der Waals surface area contributed by atoms with Gasteiger partial charge >= 0.3 is 0 Å². The molecule has 0 radical (unpaired) electrons. The van der Waals surface area contributed by atoms with Crippen molar-refractivity contribution < 1.29 is 18.3 Å². The van der Waals surface area contributed by atoms with Gasteiger partial charge in [0.05, 0.1) is 33.0 Å². The zero-order valence-corrected chi connectivity index (χ0v) is 20.8. The highest BCUT2D eigenvalue weighted by atomic mass is 35.5. The number of halogens is 3. The van der Waals surface area contributed by atoms with Gasteiger partial charge in [-0.3, -0.25) is 0 Å². The number of rotatable bonds is 7. The lowest BCUT2D eigenvalue weighted by atomic mass is 10.2. The highest BCUT2D eigenvalue weighted by molar-refractivity contribution is 7.89. The largest absolute Gasteiger partial charge is 0.504 e. The van der Waals surface area contributed by atoms with Gasteiger partial charge in [0.1, 0.15) is 4.90 Å². The molecular formula is C19H21Cl3N4O4S2. The molecule has 13 heteroatoms. The minimum Gasteiger partial charge on any atom is -0.504 e. The monoisotopic (exact) mass is 538 g/mol. The van der Waals surface area contributed by atoms with Crippen molar-refractivity contribution in [3.05, 3.63) is 45.4 Å². The Morgan fingerprint density at radius 1 is 1.19 bits per heavy atom. The average Bonchev–Trinajstić information content (AvgIpc) is 3.14. The summed E-state index contributed by atoms with van der Waals surface area (Å²) < 4.78 is 31.2. The molecule has 174 valence electrons. The maximum Gasteiger partial charge on any atom is 0.258 e. The minimum atomic E-state index is -4.19. The molecule has 8 nitrogen and oxygen atoms in total. The number of hydrazine groups is 1. The second-order valence-corrected chi connectivity index (χ2v) is 10.2. The molecule has 1 aliphatic rings. The molecule has 2 aromatic carbocycles. The number of hydrogen-bond acceptors (Lipinski definition) is 6. The first-order valence-electron chi connectivity index (χ1n) is 9.45. The lowest BCUT2D eigenvalue weighted by molar-refractivity contribution is 0.104. The summed E-state index contributed by atoms with van der Waals surface area (Å²) in [6, 6.07) is 7.62. The molecular weight excluding hydrogens is 519 g/mol. The number of thiocarbonyl (C=S) groups is 1. The number of anilines is 2. The van der Waals surface area contributed by atoms with Crippen LogP contribution in [0.3, 0.4) is 0 Å². The van der Waals surface area contributed by atoms with Crippen molar-refractivity contribution in [1.82, 2.24) is 9.84 Å². The molecule has 1 heterocycles. The van der Waals surface area contributed by atoms with E-state index in [0.29, 0.717) is 23.9 Å². The molecule has 0 spiro atoms. The fourth-order valence-electron chi connectivity index (χ4n) is 3.30. The van der Waals surface area contributed by atoms with E-state index in [9.17, 15) is 13.5 Å². The normalized spacial score (nSPS) is 16.8. The van der Waals surface area contributed by atoms with E-state index in [-0.39, 0.29) is 26.9 Å². The van der Waals surface area contributed by atoms with Crippen LogP contribution in [0.25, 0.3) is 0 Å². The Kier molecular flexibility index (Phi) is 8.45. The third kappa shape index (κ3) is 5.75. The highest BCUT2D eigenvalue weighted by Gasteiger charge is 2.32. The van der Waals surface area contributed by atoms with Gasteiger partial charge in [0, 0.05) is 19.7 Å². The average molecular weight is 540 g/mol. The van der Waals surface area contributed by atoms with E-state index in [1.807, 2.05) is 0 Å². The van der Waals surface area contributed by atoms with Crippen LogP contribution in [-0.2, 0) is 14.8 Å². The van der Waals surface area contributed by atoms with Gasteiger partial charge in [-0.05, 0) is 49.3 Å². The molecule has 0 aromatic heterocycles. The second kappa shape index (κ2) is 10.7. The Balaban J connectivity index is 1.82. The number of benzene rings is 2. The fraction of sp³-hybridized carbons (Fsp3) is 0.316. The molecule has 1 atom stereocenters. The molecule has 0 amide bonds. The van der Waals surface area contributed by atoms with Crippen molar-refractivity contribution in [2.24, 2.45) is 0 Å². The van der Waals surface area contributed by atoms with Crippen LogP contribution in [0.5, 0.6) is 5.75 Å². The first-order chi connectivity index (χ1) is 15.1. The van der Waals surface area contributed by atoms with E-state index in [2.05, 4.69) is 15.5 Å². The van der Waals surface area contributed by atoms with Gasteiger partial charge in [0.2, 0.25) is 0 Å². The molecule has 4 N–H and O–H groups in total. The molecule has 2 aromatic rings. The van der Waals surface area contributed by atoms with Crippen LogP contribution in [0.1, 0.15) is 12.8 Å². The van der Waals surface area contributed by atoms with Gasteiger partial charge in [0.25, 0.3) is 10.0 Å². The molecule has 32 heavy (non-hydrogen) atoms. The molecule has 0 saturated carbocycles. The molecule has 0 aliphatic carbocycles. The highest BCUT2D eigenvalue weighted by Crippen LogP contribution is 2.37. The number of phenols is 1. The summed E-state index contributed by atoms with van der Waals surface area (Å²) in [5.74, 6) is -0.575. The predicted molar refractivity (Wildman–Crippen MR) is 131 cm³/mol. The van der Waals surface area contributed by atoms with E-state index >= 15 is 0 Å². The standard InChI is InChI=1S/C19H21Cl3N4O4S2/c1-30-10-11-4-3-9-26(11)25-32(28,29)18-13(21)7-8-15(17(18)27)24-19(31)23-14-6-2-5-12(20)16(14)22/h2,5-8,11,25,27H,3-4,9-10H2,1H3,(H2,23,24,31)/t11-/m0/s1. The van der Waals surface area contributed by atoms with Gasteiger partial charge in [-0.2, -0.15) is 0 Å². The number of sulfonamides is 1. The maximum absolute atomic E-state index is 13.0. The third-order valence-electron chi connectivity index (χ3n) is 4.77. The van der Waals surface area contributed by atoms with E-state index < -0.39 is 20.7 Å². The molecule has 1 fully saturated rings. The van der Waals surface area contributed by atoms with Crippen LogP contribution in [-0.4, -0.2) is 49.9 Å². The summed E-state index contributed by atoms with van der Waals surface area (Å²) in [7, 11) is -2.64. The number of nitrogens with one attached hydrogen (secondary N) is 3. The van der Waals surface area contributed by atoms with Gasteiger partial charge in [-0.25, -0.2) is 13.4 Å². The molecule has 1 saturated heterocycles. The summed E-state index contributed by atoms with van der Waals surface area (Å²) in [6.07, 6.45) is 1.59. The third-order valence-corrected chi connectivity index (χ3v) is 7.65. The number of ether oxygens (including phenoxy) is 1. The topological polar surface area (TPSA) is 103 Å². The Labute approximate surface area is 206 Å². The number of hydrogen-bond donors (Lipinski definition) is 4. The van der Waals surface area contributed by atoms with Crippen LogP contribution < -0.4 is 15.5 Å². The maximum atomic E-state index is 13.0. The first kappa shape index (κ1) is 25.3. The number of methoxy groups -OCH3 is 1. The SMILES string of the molecule is COC[C@@H]1CCCN1NS(=O)(=O)c1c(Cl)ccc(NC(=S)Nc2cccc(Cl)c2Cl)c1O. The van der Waals surface area contributed by atoms with Crippen molar-refractivity contribution in [2.45, 2.75) is 23.8 Å². The lowest BCUT2D eigenvalue weighted by Gasteiger charge is -2.25. The smallest absolute Gasteiger partial charge is 0.258 e. The van der Waals surface area contributed by atoms with Crippen molar-refractivity contribution >= 4 is 73.5 Å². The summed E-state index contributed by atoms with van der Waals surface area (Å²) in [4.78, 5) is 2.03. The van der Waals surface area contributed by atoms with Crippen LogP contribution in [0, 0.1) is 0 Å². The quantitative estimate of drug-likeness (QED) is 0.302. The summed E-state index contributed by atoms with van der Waals surface area (Å²) in [5, 5.41) is 18.4. The Morgan fingerprint density at radius 3 is 2.62 bits per heavy atom. The van der Waals surface area contributed by atoms with E-state index in [1.54, 1.807) is 30.3 Å². The minimum absolute atomic E-state index is 0.0419. The summed E-state index contributed by atoms with van der Waals surface area (Å²) >= 11 is 23.5. The zero-order valence-electron chi connectivity index (χ0n) is 16.9. The van der Waals surface area contributed by atoms with Gasteiger partial charge in [-0.15, -0.1) is 4.83 Å². The Hall–Kier alpha value is -1.37. The van der Waals surface area contributed by atoms with Crippen molar-refractivity contribution in [2.75, 3.05) is 30.9 Å². The number of aromatic hydroxyl groups is 1. The van der Waals surface area contributed by atoms with Gasteiger partial charge < -0.3 is 20.5 Å². The summed E-state index contributed by atoms with van der Waals surface area (Å²) in [6.45, 7) is 0.883. The lowest BCUT2D eigenvalue weighted by Crippen LogP contribution is -2.46. The van der Waals surface area contributed by atoms with Crippen LogP contribution in [0.2, 0.25) is 15.1 Å². The van der Waals surface area contributed by atoms with E-state index in [0.717, 1.165) is 12.8 Å². The van der Waals surface area contributed by atoms with E-state index in [1.165, 1.54) is 12.1 Å². The molecule has 1 aliphatic heterocycles. The van der Waals surface area contributed by atoms with E-state index in [4.69, 9.17) is 51.8 Å². The van der Waals surface area contributed by atoms with Gasteiger partial charge in [-0.1, -0.05) is 40.9 Å². The molecule has 0 unspecified atom stereocenters. The zero-order chi connectivity index (χ0) is 23.5. The van der Waals surface area contributed by atoms with Crippen molar-refractivity contribution in [3.8, 4) is 5.75 Å². The Morgan fingerprint density at radius 2 is 1.91 bits per heavy atom. The summed E-state index contributed by atoms with van der Waals surface area (Å²) in [5.41, 5.74) is 0.484. The predicted octanol–water partition coefficient (Wildman–Crippen LogP) is 4.47.